The number of rotatable bonds is 3. The van der Waals surface area contributed by atoms with Crippen molar-refractivity contribution in [2.45, 2.75) is 25.8 Å². The molecule has 0 aliphatic rings. The van der Waals surface area contributed by atoms with Crippen LogP contribution in [-0.2, 0) is 9.53 Å². The largest absolute Gasteiger partial charge is 0.468 e. The molecular weight excluding hydrogens is 198 g/mol. The number of hydrogen-bond donors (Lipinski definition) is 1. The number of nitrogens with two attached hydrogens (primary N) is 1. The number of aryl methyl sites for hydroxylation is 1. The Bertz CT molecular complexity index is 322. The molecule has 0 saturated carbocycles. The quantitative estimate of drug-likeness (QED) is 0.777. The van der Waals surface area contributed by atoms with E-state index in [0.29, 0.717) is 0 Å². The van der Waals surface area contributed by atoms with Gasteiger partial charge in [0.2, 0.25) is 0 Å². The lowest BCUT2D eigenvalue weighted by Crippen LogP contribution is -2.36. The van der Waals surface area contributed by atoms with E-state index >= 15 is 0 Å². The van der Waals surface area contributed by atoms with Crippen LogP contribution in [0.5, 0.6) is 0 Å². The average molecular weight is 213 g/mol. The summed E-state index contributed by atoms with van der Waals surface area (Å²) in [5.74, 6) is -0.343. The highest BCUT2D eigenvalue weighted by molar-refractivity contribution is 7.12. The van der Waals surface area contributed by atoms with Gasteiger partial charge in [-0.3, -0.25) is 4.79 Å². The third-order valence-corrected chi connectivity index (χ3v) is 3.42. The first-order valence-corrected chi connectivity index (χ1v) is 5.27. The van der Waals surface area contributed by atoms with Crippen molar-refractivity contribution in [3.63, 3.8) is 0 Å². The number of ether oxygens (including phenoxy) is 1. The number of esters is 1. The van der Waals surface area contributed by atoms with Gasteiger partial charge in [0.05, 0.1) is 7.11 Å². The number of methoxy groups -OCH3 is 1. The molecule has 4 heteroatoms. The highest BCUT2D eigenvalue weighted by Crippen LogP contribution is 2.26. The van der Waals surface area contributed by atoms with Crippen LogP contribution in [0, 0.1) is 6.92 Å². The van der Waals surface area contributed by atoms with Gasteiger partial charge in [-0.2, -0.15) is 0 Å². The molecule has 3 nitrogen and oxygen atoms in total. The summed E-state index contributed by atoms with van der Waals surface area (Å²) >= 11 is 1.66. The molecule has 2 atom stereocenters. The van der Waals surface area contributed by atoms with E-state index < -0.39 is 6.04 Å². The Hall–Kier alpha value is -0.870. The molecule has 0 fully saturated rings. The molecule has 1 aromatic heterocycles. The predicted molar refractivity (Wildman–Crippen MR) is 57.5 cm³/mol. The number of hydrogen-bond acceptors (Lipinski definition) is 4. The Labute approximate surface area is 87.9 Å². The van der Waals surface area contributed by atoms with E-state index in [4.69, 9.17) is 5.73 Å². The lowest BCUT2D eigenvalue weighted by Gasteiger charge is -2.15. The normalized spacial score (nSPS) is 14.9. The molecule has 2 N–H and O–H groups in total. The van der Waals surface area contributed by atoms with Gasteiger partial charge in [0, 0.05) is 15.7 Å². The standard InChI is InChI=1S/C10H15NO2S/c1-6-4-5-8(14-6)7(2)9(11)10(12)13-3/h4-5,7,9H,11H2,1-3H3. The molecule has 0 radical (unpaired) electrons. The summed E-state index contributed by atoms with van der Waals surface area (Å²) in [7, 11) is 1.36. The van der Waals surface area contributed by atoms with E-state index in [1.165, 1.54) is 12.0 Å². The van der Waals surface area contributed by atoms with Crippen LogP contribution in [0.3, 0.4) is 0 Å². The Balaban J connectivity index is 2.74. The van der Waals surface area contributed by atoms with Crippen LogP contribution in [0.4, 0.5) is 0 Å². The third kappa shape index (κ3) is 2.33. The Morgan fingerprint density at radius 3 is 2.64 bits per heavy atom. The van der Waals surface area contributed by atoms with Gasteiger partial charge in [-0.15, -0.1) is 11.3 Å². The molecule has 1 heterocycles. The Kier molecular flexibility index (Phi) is 3.66. The van der Waals surface area contributed by atoms with Crippen LogP contribution < -0.4 is 5.73 Å². The van der Waals surface area contributed by atoms with Crippen LogP contribution >= 0.6 is 11.3 Å². The van der Waals surface area contributed by atoms with Gasteiger partial charge in [-0.25, -0.2) is 0 Å². The van der Waals surface area contributed by atoms with Crippen LogP contribution in [-0.4, -0.2) is 19.1 Å². The molecule has 0 aliphatic carbocycles. The lowest BCUT2D eigenvalue weighted by molar-refractivity contribution is -0.142. The second-order valence-electron chi connectivity index (χ2n) is 3.29. The molecule has 0 aliphatic heterocycles. The third-order valence-electron chi connectivity index (χ3n) is 2.22. The predicted octanol–water partition coefficient (Wildman–Crippen LogP) is 1.66. The molecule has 0 bridgehead atoms. The summed E-state index contributed by atoms with van der Waals surface area (Å²) in [6, 6.07) is 3.46. The van der Waals surface area contributed by atoms with E-state index in [2.05, 4.69) is 4.74 Å². The van der Waals surface area contributed by atoms with E-state index in [0.717, 1.165) is 4.88 Å². The Morgan fingerprint density at radius 1 is 1.57 bits per heavy atom. The maximum absolute atomic E-state index is 11.2. The number of thiophene rings is 1. The van der Waals surface area contributed by atoms with Crippen LogP contribution in [0.2, 0.25) is 0 Å². The second kappa shape index (κ2) is 4.57. The van der Waals surface area contributed by atoms with Crippen LogP contribution in [0.1, 0.15) is 22.6 Å². The van der Waals surface area contributed by atoms with Crippen molar-refractivity contribution in [1.29, 1.82) is 0 Å². The summed E-state index contributed by atoms with van der Waals surface area (Å²) < 4.78 is 4.60. The van der Waals surface area contributed by atoms with Gasteiger partial charge < -0.3 is 10.5 Å². The van der Waals surface area contributed by atoms with Gasteiger partial charge in [0.1, 0.15) is 6.04 Å². The van der Waals surface area contributed by atoms with Crippen molar-refractivity contribution in [3.05, 3.63) is 21.9 Å². The first-order valence-electron chi connectivity index (χ1n) is 4.46. The average Bonchev–Trinajstić information content (AvgIpc) is 2.61. The van der Waals surface area contributed by atoms with Crippen molar-refractivity contribution in [1.82, 2.24) is 0 Å². The van der Waals surface area contributed by atoms with E-state index in [9.17, 15) is 4.79 Å². The van der Waals surface area contributed by atoms with E-state index in [-0.39, 0.29) is 11.9 Å². The van der Waals surface area contributed by atoms with Gasteiger partial charge >= 0.3 is 5.97 Å². The fourth-order valence-corrected chi connectivity index (χ4v) is 2.19. The molecule has 0 aromatic carbocycles. The molecular formula is C10H15NO2S. The molecule has 0 spiro atoms. The molecule has 78 valence electrons. The summed E-state index contributed by atoms with van der Waals surface area (Å²) in [5, 5.41) is 0. The summed E-state index contributed by atoms with van der Waals surface area (Å²) in [4.78, 5) is 13.5. The van der Waals surface area contributed by atoms with Gasteiger partial charge in [-0.1, -0.05) is 6.92 Å². The van der Waals surface area contributed by atoms with Crippen molar-refractivity contribution in [2.75, 3.05) is 7.11 Å². The molecule has 0 saturated heterocycles. The minimum absolute atomic E-state index is 0.0150. The van der Waals surface area contributed by atoms with Crippen molar-refractivity contribution in [2.24, 2.45) is 5.73 Å². The second-order valence-corrected chi connectivity index (χ2v) is 4.61. The van der Waals surface area contributed by atoms with Crippen molar-refractivity contribution < 1.29 is 9.53 Å². The SMILES string of the molecule is COC(=O)C(N)C(C)c1ccc(C)s1. The zero-order valence-corrected chi connectivity index (χ0v) is 9.43. The number of carbonyl (C=O) groups is 1. The zero-order chi connectivity index (χ0) is 10.7. The van der Waals surface area contributed by atoms with E-state index in [1.54, 1.807) is 11.3 Å². The van der Waals surface area contributed by atoms with E-state index in [1.807, 2.05) is 26.0 Å². The maximum atomic E-state index is 11.2. The molecule has 1 aromatic rings. The topological polar surface area (TPSA) is 52.3 Å². The monoisotopic (exact) mass is 213 g/mol. The fraction of sp³-hybridized carbons (Fsp3) is 0.500. The highest BCUT2D eigenvalue weighted by Gasteiger charge is 2.23. The van der Waals surface area contributed by atoms with Crippen LogP contribution in [0.25, 0.3) is 0 Å². The molecule has 0 amide bonds. The molecule has 2 unspecified atom stereocenters. The van der Waals surface area contributed by atoms with Gasteiger partial charge in [-0.05, 0) is 19.1 Å². The van der Waals surface area contributed by atoms with Crippen molar-refractivity contribution >= 4 is 17.3 Å². The smallest absolute Gasteiger partial charge is 0.323 e. The first-order chi connectivity index (χ1) is 6.56. The molecule has 1 rings (SSSR count). The fourth-order valence-electron chi connectivity index (χ4n) is 1.22. The lowest BCUT2D eigenvalue weighted by atomic mass is 10.0. The van der Waals surface area contributed by atoms with Crippen molar-refractivity contribution in [3.8, 4) is 0 Å². The minimum atomic E-state index is -0.571. The Morgan fingerprint density at radius 2 is 2.21 bits per heavy atom. The highest BCUT2D eigenvalue weighted by atomic mass is 32.1. The van der Waals surface area contributed by atoms with Crippen LogP contribution in [0.15, 0.2) is 12.1 Å². The minimum Gasteiger partial charge on any atom is -0.468 e. The summed E-state index contributed by atoms with van der Waals surface area (Å²) in [6.45, 7) is 3.97. The number of carbonyl (C=O) groups excluding carboxylic acids is 1. The zero-order valence-electron chi connectivity index (χ0n) is 8.61. The van der Waals surface area contributed by atoms with Gasteiger partial charge in [0.25, 0.3) is 0 Å². The maximum Gasteiger partial charge on any atom is 0.323 e. The van der Waals surface area contributed by atoms with Gasteiger partial charge in [0.15, 0.2) is 0 Å². The summed E-state index contributed by atoms with van der Waals surface area (Å²) in [5.41, 5.74) is 5.74. The summed E-state index contributed by atoms with van der Waals surface area (Å²) in [6.07, 6.45) is 0. The molecule has 14 heavy (non-hydrogen) atoms. The first kappa shape index (κ1) is 11.2.